The summed E-state index contributed by atoms with van der Waals surface area (Å²) in [6.07, 6.45) is 1.97. The first-order valence-electron chi connectivity index (χ1n) is 21.8. The normalized spacial score (nSPS) is 12.8. The zero-order valence-corrected chi connectivity index (χ0v) is 36.3. The summed E-state index contributed by atoms with van der Waals surface area (Å²) in [6, 6.07) is 73.7. The van der Waals surface area contributed by atoms with Gasteiger partial charge < -0.3 is 4.90 Å². The molecule has 0 saturated carbocycles. The summed E-state index contributed by atoms with van der Waals surface area (Å²) in [5.74, 6) is 0. The van der Waals surface area contributed by atoms with Gasteiger partial charge in [0.25, 0.3) is 0 Å². The fourth-order valence-corrected chi connectivity index (χ4v) is 9.77. The average Bonchev–Trinajstić information content (AvgIpc) is 3.54. The van der Waals surface area contributed by atoms with E-state index in [0.717, 1.165) is 22.6 Å². The molecule has 0 saturated heterocycles. The summed E-state index contributed by atoms with van der Waals surface area (Å²) in [5.41, 5.74) is 20.6. The Kier molecular flexibility index (Phi) is 9.65. The van der Waals surface area contributed by atoms with E-state index in [-0.39, 0.29) is 10.8 Å². The largest absolute Gasteiger partial charge is 0.310 e. The molecule has 9 aromatic rings. The Morgan fingerprint density at radius 2 is 1.00 bits per heavy atom. The highest BCUT2D eigenvalue weighted by atomic mass is 15.1. The van der Waals surface area contributed by atoms with Crippen LogP contribution in [-0.4, -0.2) is 0 Å². The third-order valence-electron chi connectivity index (χ3n) is 12.9. The van der Waals surface area contributed by atoms with Crippen LogP contribution in [0.25, 0.3) is 72.5 Å². The molecule has 1 aliphatic carbocycles. The first-order chi connectivity index (χ1) is 30.1. The van der Waals surface area contributed by atoms with Gasteiger partial charge in [0.15, 0.2) is 0 Å². The fraction of sp³-hybridized carbons (Fsp3) is 0.115. The molecule has 10 rings (SSSR count). The van der Waals surface area contributed by atoms with Crippen LogP contribution in [0.15, 0.2) is 207 Å². The minimum absolute atomic E-state index is 0.0170. The highest BCUT2D eigenvalue weighted by molar-refractivity contribution is 6.07. The average molecular weight is 798 g/mol. The van der Waals surface area contributed by atoms with Gasteiger partial charge in [0.05, 0.1) is 5.69 Å². The maximum absolute atomic E-state index is 4.19. The highest BCUT2D eigenvalue weighted by Gasteiger charge is 2.38. The van der Waals surface area contributed by atoms with E-state index in [1.807, 2.05) is 6.08 Å². The molecule has 9 aromatic carbocycles. The van der Waals surface area contributed by atoms with E-state index < -0.39 is 0 Å². The number of hydrogen-bond donors (Lipinski definition) is 0. The molecule has 0 heterocycles. The Hall–Kier alpha value is -7.22. The van der Waals surface area contributed by atoms with Gasteiger partial charge in [-0.2, -0.15) is 0 Å². The topological polar surface area (TPSA) is 3.24 Å². The Bertz CT molecular complexity index is 3110. The summed E-state index contributed by atoms with van der Waals surface area (Å²) < 4.78 is 0. The number of benzene rings is 9. The smallest absolute Gasteiger partial charge is 0.0540 e. The van der Waals surface area contributed by atoms with Gasteiger partial charge in [0.2, 0.25) is 0 Å². The van der Waals surface area contributed by atoms with Crippen molar-refractivity contribution in [2.24, 2.45) is 0 Å². The molecular weight excluding hydrogens is 747 g/mol. The molecule has 1 nitrogen and oxygen atoms in total. The third kappa shape index (κ3) is 6.75. The fourth-order valence-electron chi connectivity index (χ4n) is 9.77. The van der Waals surface area contributed by atoms with E-state index in [0.29, 0.717) is 0 Å². The Balaban J connectivity index is 1.15. The molecule has 0 unspecified atom stereocenters. The van der Waals surface area contributed by atoms with Crippen LogP contribution in [0, 0.1) is 0 Å². The standard InChI is InChI=1S/C61H51N/c1-7-41-36-54(44-24-15-10-16-25-44)59-55(37-41)52-35-34-49(40-56(52)61(59,5)6)62(57-29-18-17-27-50(57)42-20-11-8-12-21-42)48-32-30-45(31-33-48)51-28-19-26-46-38-47(60(2,3)4)39-53(58(46)51)43-22-13-9-14-23-43/h7-40H,1H2,2-6H3. The van der Waals surface area contributed by atoms with Crippen molar-refractivity contribution in [2.75, 3.05) is 4.90 Å². The second-order valence-corrected chi connectivity index (χ2v) is 18.2. The molecule has 62 heavy (non-hydrogen) atoms. The lowest BCUT2D eigenvalue weighted by Gasteiger charge is -2.30. The predicted molar refractivity (Wildman–Crippen MR) is 267 cm³/mol. The van der Waals surface area contributed by atoms with Crippen molar-refractivity contribution >= 4 is 33.9 Å². The van der Waals surface area contributed by atoms with Gasteiger partial charge in [-0.05, 0) is 137 Å². The van der Waals surface area contributed by atoms with E-state index in [1.165, 1.54) is 83.1 Å². The Morgan fingerprint density at radius 3 is 1.65 bits per heavy atom. The van der Waals surface area contributed by atoms with Crippen molar-refractivity contribution in [2.45, 2.75) is 45.4 Å². The summed E-state index contributed by atoms with van der Waals surface area (Å²) in [4.78, 5) is 2.45. The van der Waals surface area contributed by atoms with Crippen molar-refractivity contribution in [1.29, 1.82) is 0 Å². The number of anilines is 3. The lowest BCUT2D eigenvalue weighted by atomic mass is 9.78. The monoisotopic (exact) mass is 797 g/mol. The lowest BCUT2D eigenvalue weighted by molar-refractivity contribution is 0.591. The van der Waals surface area contributed by atoms with Crippen molar-refractivity contribution in [3.05, 3.63) is 229 Å². The summed E-state index contributed by atoms with van der Waals surface area (Å²) in [6.45, 7) is 15.9. The number of rotatable bonds is 8. The molecule has 0 atom stereocenters. The summed E-state index contributed by atoms with van der Waals surface area (Å²) in [7, 11) is 0. The van der Waals surface area contributed by atoms with Crippen molar-refractivity contribution in [1.82, 2.24) is 0 Å². The molecule has 1 aliphatic rings. The van der Waals surface area contributed by atoms with Gasteiger partial charge in [-0.25, -0.2) is 0 Å². The Morgan fingerprint density at radius 1 is 0.452 bits per heavy atom. The van der Waals surface area contributed by atoms with Crippen LogP contribution in [0.4, 0.5) is 17.1 Å². The SMILES string of the molecule is C=Cc1cc(-c2ccccc2)c2c(c1)-c1ccc(N(c3ccc(-c4cccc5cc(C(C)(C)C)cc(-c6ccccc6)c45)cc3)c3ccccc3-c3ccccc3)cc1C2(C)C. The first kappa shape index (κ1) is 38.9. The molecular formula is C61H51N. The predicted octanol–water partition coefficient (Wildman–Crippen LogP) is 17.2. The van der Waals surface area contributed by atoms with Crippen LogP contribution in [0.1, 0.15) is 56.9 Å². The third-order valence-corrected chi connectivity index (χ3v) is 12.9. The molecule has 0 amide bonds. The van der Waals surface area contributed by atoms with Gasteiger partial charge in [-0.3, -0.25) is 0 Å². The molecule has 0 aromatic heterocycles. The van der Waals surface area contributed by atoms with Crippen molar-refractivity contribution < 1.29 is 0 Å². The highest BCUT2D eigenvalue weighted by Crippen LogP contribution is 2.55. The van der Waals surface area contributed by atoms with E-state index >= 15 is 0 Å². The molecule has 0 radical (unpaired) electrons. The minimum Gasteiger partial charge on any atom is -0.310 e. The van der Waals surface area contributed by atoms with Crippen LogP contribution >= 0.6 is 0 Å². The molecule has 1 heteroatoms. The Labute approximate surface area is 367 Å². The van der Waals surface area contributed by atoms with Gasteiger partial charge in [-0.15, -0.1) is 0 Å². The van der Waals surface area contributed by atoms with E-state index in [2.05, 4.69) is 246 Å². The summed E-state index contributed by atoms with van der Waals surface area (Å²) in [5, 5.41) is 2.54. The number of fused-ring (bicyclic) bond motifs is 4. The van der Waals surface area contributed by atoms with Crippen LogP contribution in [0.2, 0.25) is 0 Å². The van der Waals surface area contributed by atoms with E-state index in [9.17, 15) is 0 Å². The minimum atomic E-state index is -0.252. The second-order valence-electron chi connectivity index (χ2n) is 18.2. The summed E-state index contributed by atoms with van der Waals surface area (Å²) >= 11 is 0. The molecule has 0 bridgehead atoms. The van der Waals surface area contributed by atoms with E-state index in [1.54, 1.807) is 0 Å². The van der Waals surface area contributed by atoms with Crippen molar-refractivity contribution in [3.8, 4) is 55.6 Å². The van der Waals surface area contributed by atoms with Gasteiger partial charge in [0.1, 0.15) is 0 Å². The number of para-hydroxylation sites is 1. The van der Waals surface area contributed by atoms with Gasteiger partial charge >= 0.3 is 0 Å². The van der Waals surface area contributed by atoms with Gasteiger partial charge in [-0.1, -0.05) is 199 Å². The van der Waals surface area contributed by atoms with Crippen LogP contribution < -0.4 is 4.90 Å². The molecule has 300 valence electrons. The zero-order chi connectivity index (χ0) is 42.6. The molecule has 0 N–H and O–H groups in total. The van der Waals surface area contributed by atoms with Crippen molar-refractivity contribution in [3.63, 3.8) is 0 Å². The maximum Gasteiger partial charge on any atom is 0.0540 e. The van der Waals surface area contributed by atoms with Crippen LogP contribution in [0.5, 0.6) is 0 Å². The quantitative estimate of drug-likeness (QED) is 0.148. The van der Waals surface area contributed by atoms with E-state index in [4.69, 9.17) is 0 Å². The first-order valence-corrected chi connectivity index (χ1v) is 21.8. The maximum atomic E-state index is 4.19. The number of hydrogen-bond acceptors (Lipinski definition) is 1. The molecule has 0 fully saturated rings. The van der Waals surface area contributed by atoms with Crippen LogP contribution in [0.3, 0.4) is 0 Å². The zero-order valence-electron chi connectivity index (χ0n) is 36.3. The molecule has 0 spiro atoms. The van der Waals surface area contributed by atoms with Crippen LogP contribution in [-0.2, 0) is 10.8 Å². The molecule has 0 aliphatic heterocycles. The van der Waals surface area contributed by atoms with Gasteiger partial charge in [0, 0.05) is 22.4 Å². The lowest BCUT2D eigenvalue weighted by Crippen LogP contribution is -2.18. The number of nitrogens with zero attached hydrogens (tertiary/aromatic N) is 1. The second kappa shape index (κ2) is 15.4.